The molecule has 0 aliphatic heterocycles. The molecule has 0 unspecified atom stereocenters. The molecular weight excluding hydrogens is 330 g/mol. The third-order valence-corrected chi connectivity index (χ3v) is 3.91. The second-order valence-electron chi connectivity index (χ2n) is 5.69. The Morgan fingerprint density at radius 1 is 0.962 bits per heavy atom. The highest BCUT2D eigenvalue weighted by Gasteiger charge is 2.13. The summed E-state index contributed by atoms with van der Waals surface area (Å²) in [5.74, 6) is -1.69. The van der Waals surface area contributed by atoms with Gasteiger partial charge in [0.25, 0.3) is 0 Å². The second-order valence-corrected chi connectivity index (χ2v) is 5.69. The molecule has 3 aromatic carbocycles. The first-order valence-electron chi connectivity index (χ1n) is 7.97. The molecule has 2 amide bonds. The third-order valence-electron chi connectivity index (χ3n) is 3.91. The van der Waals surface area contributed by atoms with Crippen molar-refractivity contribution in [1.82, 2.24) is 5.43 Å². The number of benzene rings is 3. The van der Waals surface area contributed by atoms with Crippen LogP contribution in [0, 0.1) is 6.92 Å². The maximum Gasteiger partial charge on any atom is 0.329 e. The predicted molar refractivity (Wildman–Crippen MR) is 101 cm³/mol. The van der Waals surface area contributed by atoms with Crippen LogP contribution in [-0.2, 0) is 9.59 Å². The van der Waals surface area contributed by atoms with Gasteiger partial charge in [-0.05, 0) is 35.4 Å². The van der Waals surface area contributed by atoms with Gasteiger partial charge in [-0.1, -0.05) is 48.5 Å². The Bertz CT molecular complexity index is 1010. The van der Waals surface area contributed by atoms with Gasteiger partial charge in [-0.3, -0.25) is 9.59 Å². The number of nitrogens with zero attached hydrogens (tertiary/aromatic N) is 1. The molecule has 6 nitrogen and oxygen atoms in total. The molecule has 26 heavy (non-hydrogen) atoms. The summed E-state index contributed by atoms with van der Waals surface area (Å²) in [6.07, 6.45) is 1.32. The van der Waals surface area contributed by atoms with Gasteiger partial charge in [0, 0.05) is 11.3 Å². The van der Waals surface area contributed by atoms with E-state index in [0.29, 0.717) is 11.3 Å². The molecule has 3 N–H and O–H groups in total. The summed E-state index contributed by atoms with van der Waals surface area (Å²) in [6.45, 7) is 1.83. The molecule has 0 saturated carbocycles. The number of phenols is 1. The van der Waals surface area contributed by atoms with Gasteiger partial charge in [-0.15, -0.1) is 0 Å². The van der Waals surface area contributed by atoms with Gasteiger partial charge in [0.2, 0.25) is 0 Å². The van der Waals surface area contributed by atoms with E-state index in [4.69, 9.17) is 0 Å². The normalized spacial score (nSPS) is 10.8. The Kier molecular flexibility index (Phi) is 4.94. The van der Waals surface area contributed by atoms with Crippen molar-refractivity contribution in [2.45, 2.75) is 6.92 Å². The topological polar surface area (TPSA) is 90.8 Å². The lowest BCUT2D eigenvalue weighted by Crippen LogP contribution is -2.32. The highest BCUT2D eigenvalue weighted by molar-refractivity contribution is 6.39. The average Bonchev–Trinajstić information content (AvgIpc) is 2.65. The van der Waals surface area contributed by atoms with E-state index in [0.717, 1.165) is 16.3 Å². The van der Waals surface area contributed by atoms with Crippen molar-refractivity contribution in [2.24, 2.45) is 5.10 Å². The summed E-state index contributed by atoms with van der Waals surface area (Å²) >= 11 is 0. The van der Waals surface area contributed by atoms with Gasteiger partial charge >= 0.3 is 11.8 Å². The van der Waals surface area contributed by atoms with E-state index >= 15 is 0 Å². The summed E-state index contributed by atoms with van der Waals surface area (Å²) in [5.41, 5.74) is 4.03. The van der Waals surface area contributed by atoms with E-state index in [2.05, 4.69) is 15.8 Å². The van der Waals surface area contributed by atoms with Crippen molar-refractivity contribution < 1.29 is 14.7 Å². The molecule has 3 rings (SSSR count). The quantitative estimate of drug-likeness (QED) is 0.386. The van der Waals surface area contributed by atoms with Gasteiger partial charge in [0.1, 0.15) is 5.75 Å². The summed E-state index contributed by atoms with van der Waals surface area (Å²) in [4.78, 5) is 23.8. The SMILES string of the molecule is Cc1ccccc1NC(=O)C(=O)NN=Cc1c(O)ccc2ccccc12. The third kappa shape index (κ3) is 3.70. The first-order chi connectivity index (χ1) is 12.6. The standard InChI is InChI=1S/C20H17N3O3/c1-13-6-2-5-9-17(13)22-19(25)20(26)23-21-12-16-15-8-4-3-7-14(15)10-11-18(16)24/h2-12,24H,1H3,(H,22,25)(H,23,26). The number of amides is 2. The summed E-state index contributed by atoms with van der Waals surface area (Å²) < 4.78 is 0. The Morgan fingerprint density at radius 3 is 2.50 bits per heavy atom. The number of fused-ring (bicyclic) bond motifs is 1. The second kappa shape index (κ2) is 7.48. The average molecular weight is 347 g/mol. The molecule has 6 heteroatoms. The van der Waals surface area contributed by atoms with Crippen molar-refractivity contribution in [3.8, 4) is 5.75 Å². The van der Waals surface area contributed by atoms with Gasteiger partial charge < -0.3 is 10.4 Å². The van der Waals surface area contributed by atoms with E-state index in [-0.39, 0.29) is 5.75 Å². The van der Waals surface area contributed by atoms with E-state index in [1.54, 1.807) is 24.3 Å². The number of anilines is 1. The number of carbonyl (C=O) groups excluding carboxylic acids is 2. The number of nitrogens with one attached hydrogen (secondary N) is 2. The number of rotatable bonds is 3. The molecule has 0 aromatic heterocycles. The van der Waals surface area contributed by atoms with Gasteiger partial charge in [0.05, 0.1) is 6.21 Å². The van der Waals surface area contributed by atoms with Crippen molar-refractivity contribution >= 4 is 34.5 Å². The van der Waals surface area contributed by atoms with Crippen LogP contribution in [0.25, 0.3) is 10.8 Å². The van der Waals surface area contributed by atoms with Crippen LogP contribution < -0.4 is 10.7 Å². The van der Waals surface area contributed by atoms with Crippen LogP contribution in [0.4, 0.5) is 5.69 Å². The first-order valence-corrected chi connectivity index (χ1v) is 7.97. The summed E-state index contributed by atoms with van der Waals surface area (Å²) in [7, 11) is 0. The van der Waals surface area contributed by atoms with Gasteiger partial charge in [0.15, 0.2) is 0 Å². The molecule has 0 radical (unpaired) electrons. The minimum Gasteiger partial charge on any atom is -0.507 e. The van der Waals surface area contributed by atoms with Crippen molar-refractivity contribution in [3.63, 3.8) is 0 Å². The lowest BCUT2D eigenvalue weighted by molar-refractivity contribution is -0.136. The fraction of sp³-hybridized carbons (Fsp3) is 0.0500. The summed E-state index contributed by atoms with van der Waals surface area (Å²) in [5, 5.41) is 18.1. The molecule has 0 heterocycles. The van der Waals surface area contributed by atoms with Crippen molar-refractivity contribution in [1.29, 1.82) is 0 Å². The molecule has 0 fully saturated rings. The Balaban J connectivity index is 1.71. The van der Waals surface area contributed by atoms with Crippen LogP contribution in [0.3, 0.4) is 0 Å². The molecule has 0 bridgehead atoms. The maximum atomic E-state index is 11.9. The number of para-hydroxylation sites is 1. The molecule has 130 valence electrons. The fourth-order valence-corrected chi connectivity index (χ4v) is 2.52. The zero-order valence-electron chi connectivity index (χ0n) is 14.1. The van der Waals surface area contributed by atoms with Gasteiger partial charge in [-0.2, -0.15) is 5.10 Å². The lowest BCUT2D eigenvalue weighted by Gasteiger charge is -2.07. The van der Waals surface area contributed by atoms with E-state index < -0.39 is 11.8 Å². The van der Waals surface area contributed by atoms with Crippen molar-refractivity contribution in [2.75, 3.05) is 5.32 Å². The highest BCUT2D eigenvalue weighted by atomic mass is 16.3. The number of hydrogen-bond acceptors (Lipinski definition) is 4. The Hall–Kier alpha value is -3.67. The number of aryl methyl sites for hydroxylation is 1. The zero-order chi connectivity index (χ0) is 18.5. The van der Waals surface area contributed by atoms with Crippen LogP contribution in [0.2, 0.25) is 0 Å². The van der Waals surface area contributed by atoms with E-state index in [1.807, 2.05) is 43.3 Å². The molecule has 0 aliphatic rings. The monoisotopic (exact) mass is 347 g/mol. The zero-order valence-corrected chi connectivity index (χ0v) is 14.1. The molecule has 0 spiro atoms. The van der Waals surface area contributed by atoms with Gasteiger partial charge in [-0.25, -0.2) is 5.43 Å². The predicted octanol–water partition coefficient (Wildman–Crippen LogP) is 2.94. The smallest absolute Gasteiger partial charge is 0.329 e. The fourth-order valence-electron chi connectivity index (χ4n) is 2.52. The number of hydrazone groups is 1. The molecule has 0 atom stereocenters. The number of carbonyl (C=O) groups is 2. The van der Waals surface area contributed by atoms with E-state index in [1.165, 1.54) is 6.21 Å². The van der Waals surface area contributed by atoms with Crippen LogP contribution >= 0.6 is 0 Å². The lowest BCUT2D eigenvalue weighted by atomic mass is 10.0. The largest absolute Gasteiger partial charge is 0.507 e. The van der Waals surface area contributed by atoms with Crippen molar-refractivity contribution in [3.05, 3.63) is 71.8 Å². The molecule has 0 saturated heterocycles. The van der Waals surface area contributed by atoms with Crippen LogP contribution in [0.5, 0.6) is 5.75 Å². The Labute approximate surface area is 150 Å². The highest BCUT2D eigenvalue weighted by Crippen LogP contribution is 2.25. The number of aromatic hydroxyl groups is 1. The maximum absolute atomic E-state index is 11.9. The minimum absolute atomic E-state index is 0.0334. The molecule has 0 aliphatic carbocycles. The number of phenolic OH excluding ortho intramolecular Hbond substituents is 1. The first kappa shape index (κ1) is 17.2. The van der Waals surface area contributed by atoms with Crippen LogP contribution in [0.15, 0.2) is 65.8 Å². The molecule has 3 aromatic rings. The number of hydrogen-bond donors (Lipinski definition) is 3. The van der Waals surface area contributed by atoms with E-state index in [9.17, 15) is 14.7 Å². The van der Waals surface area contributed by atoms with Crippen LogP contribution in [-0.4, -0.2) is 23.1 Å². The minimum atomic E-state index is -0.899. The van der Waals surface area contributed by atoms with Crippen LogP contribution in [0.1, 0.15) is 11.1 Å². The molecular formula is C20H17N3O3. The Morgan fingerprint density at radius 2 is 1.69 bits per heavy atom. The summed E-state index contributed by atoms with van der Waals surface area (Å²) in [6, 6.07) is 17.9.